The Balaban J connectivity index is 1.66. The van der Waals surface area contributed by atoms with Crippen molar-refractivity contribution in [1.82, 2.24) is 24.2 Å². The predicted molar refractivity (Wildman–Crippen MR) is 92.3 cm³/mol. The average molecular weight is 377 g/mol. The molecule has 2 fully saturated rings. The third kappa shape index (κ3) is 2.74. The van der Waals surface area contributed by atoms with E-state index in [9.17, 15) is 18.0 Å². The standard InChI is InChI=1S/C16H19N5O4S/c1-2-14(22)20-6-7-21(13-10-26(24,25)9-12(13)20)15(23)11-8-19-5-3-4-17-16(19)18-11/h3-5,8,12-13H,2,6-7,9-10H2,1H3/t12-,13+/m1/s1. The number of amides is 2. The van der Waals surface area contributed by atoms with Crippen molar-refractivity contribution in [3.63, 3.8) is 0 Å². The van der Waals surface area contributed by atoms with Crippen LogP contribution in [0.25, 0.3) is 5.78 Å². The Hall–Kier alpha value is -2.49. The molecule has 0 spiro atoms. The van der Waals surface area contributed by atoms with Crippen LogP contribution in [0.4, 0.5) is 0 Å². The van der Waals surface area contributed by atoms with Gasteiger partial charge in [0.15, 0.2) is 9.84 Å². The molecule has 0 unspecified atom stereocenters. The van der Waals surface area contributed by atoms with Crippen LogP contribution >= 0.6 is 0 Å². The number of nitrogens with zero attached hydrogens (tertiary/aromatic N) is 5. The molecule has 4 heterocycles. The van der Waals surface area contributed by atoms with Gasteiger partial charge >= 0.3 is 0 Å². The first kappa shape index (κ1) is 17.0. The van der Waals surface area contributed by atoms with Gasteiger partial charge in [-0.05, 0) is 6.07 Å². The Labute approximate surface area is 150 Å². The first-order chi connectivity index (χ1) is 12.4. The lowest BCUT2D eigenvalue weighted by atomic mass is 10.0. The summed E-state index contributed by atoms with van der Waals surface area (Å²) in [6.07, 6.45) is 5.24. The van der Waals surface area contributed by atoms with Crippen LogP contribution < -0.4 is 0 Å². The van der Waals surface area contributed by atoms with Crippen molar-refractivity contribution in [3.8, 4) is 0 Å². The van der Waals surface area contributed by atoms with E-state index in [0.29, 0.717) is 25.3 Å². The van der Waals surface area contributed by atoms with Crippen molar-refractivity contribution in [1.29, 1.82) is 0 Å². The van der Waals surface area contributed by atoms with E-state index in [2.05, 4.69) is 9.97 Å². The molecule has 2 atom stereocenters. The molecular weight excluding hydrogens is 358 g/mol. The predicted octanol–water partition coefficient (Wildman–Crippen LogP) is -0.411. The molecule has 26 heavy (non-hydrogen) atoms. The number of imidazole rings is 1. The summed E-state index contributed by atoms with van der Waals surface area (Å²) in [5.74, 6) is -0.221. The quantitative estimate of drug-likeness (QED) is 0.705. The van der Waals surface area contributed by atoms with E-state index < -0.39 is 21.9 Å². The lowest BCUT2D eigenvalue weighted by Crippen LogP contribution is -2.61. The molecule has 2 aliphatic rings. The SMILES string of the molecule is CCC(=O)N1CCN(C(=O)c2cn3cccnc3n2)[C@H]2CS(=O)(=O)C[C@H]21. The van der Waals surface area contributed by atoms with Crippen LogP contribution in [0.1, 0.15) is 23.8 Å². The summed E-state index contributed by atoms with van der Waals surface area (Å²) in [4.78, 5) is 36.7. The van der Waals surface area contributed by atoms with Crippen molar-refractivity contribution in [3.05, 3.63) is 30.4 Å². The van der Waals surface area contributed by atoms with Gasteiger partial charge in [-0.1, -0.05) is 6.92 Å². The smallest absolute Gasteiger partial charge is 0.274 e. The summed E-state index contributed by atoms with van der Waals surface area (Å²) in [5.41, 5.74) is 0.224. The zero-order chi connectivity index (χ0) is 18.5. The van der Waals surface area contributed by atoms with Gasteiger partial charge in [-0.2, -0.15) is 0 Å². The van der Waals surface area contributed by atoms with Gasteiger partial charge in [0.1, 0.15) is 5.69 Å². The fraction of sp³-hybridized carbons (Fsp3) is 0.500. The molecular formula is C16H19N5O4S. The lowest BCUT2D eigenvalue weighted by Gasteiger charge is -2.43. The van der Waals surface area contributed by atoms with Crippen molar-refractivity contribution in [2.24, 2.45) is 0 Å². The van der Waals surface area contributed by atoms with Crippen LogP contribution in [-0.4, -0.2) is 81.1 Å². The van der Waals surface area contributed by atoms with Crippen LogP contribution in [0, 0.1) is 0 Å². The number of hydrogen-bond donors (Lipinski definition) is 0. The number of sulfone groups is 1. The molecule has 9 nitrogen and oxygen atoms in total. The molecule has 2 aliphatic heterocycles. The van der Waals surface area contributed by atoms with Crippen molar-refractivity contribution < 1.29 is 18.0 Å². The number of piperazine rings is 1. The second-order valence-corrected chi connectivity index (χ2v) is 8.76. The number of carbonyl (C=O) groups is 2. The molecule has 2 amide bonds. The minimum Gasteiger partial charge on any atom is -0.335 e. The third-order valence-electron chi connectivity index (χ3n) is 5.01. The third-order valence-corrected chi connectivity index (χ3v) is 6.71. The van der Waals surface area contributed by atoms with Gasteiger partial charge < -0.3 is 9.80 Å². The van der Waals surface area contributed by atoms with Crippen molar-refractivity contribution >= 4 is 27.4 Å². The van der Waals surface area contributed by atoms with Gasteiger partial charge in [-0.15, -0.1) is 0 Å². The van der Waals surface area contributed by atoms with Gasteiger partial charge in [0.25, 0.3) is 5.91 Å². The summed E-state index contributed by atoms with van der Waals surface area (Å²) < 4.78 is 26.0. The fourth-order valence-electron chi connectivity index (χ4n) is 3.80. The molecule has 2 aromatic heterocycles. The molecule has 2 saturated heterocycles. The normalized spacial score (nSPS) is 24.7. The number of fused-ring (bicyclic) bond motifs is 2. The summed E-state index contributed by atoms with van der Waals surface area (Å²) in [7, 11) is -3.30. The minimum atomic E-state index is -3.30. The second kappa shape index (κ2) is 6.04. The van der Waals surface area contributed by atoms with Crippen LogP contribution in [0.3, 0.4) is 0 Å². The van der Waals surface area contributed by atoms with E-state index in [1.54, 1.807) is 45.8 Å². The molecule has 2 aromatic rings. The summed E-state index contributed by atoms with van der Waals surface area (Å²) in [6.45, 7) is 2.38. The molecule has 0 bridgehead atoms. The number of carbonyl (C=O) groups excluding carboxylic acids is 2. The Morgan fingerprint density at radius 2 is 1.88 bits per heavy atom. The zero-order valence-corrected chi connectivity index (χ0v) is 15.1. The topological polar surface area (TPSA) is 105 Å². The molecule has 0 aromatic carbocycles. The maximum Gasteiger partial charge on any atom is 0.274 e. The van der Waals surface area contributed by atoms with Gasteiger partial charge in [0, 0.05) is 38.1 Å². The van der Waals surface area contributed by atoms with Crippen molar-refractivity contribution in [2.75, 3.05) is 24.6 Å². The molecule has 0 radical (unpaired) electrons. The molecule has 0 N–H and O–H groups in total. The summed E-state index contributed by atoms with van der Waals surface area (Å²) in [6, 6.07) is 0.715. The molecule has 4 rings (SSSR count). The Morgan fingerprint density at radius 1 is 1.19 bits per heavy atom. The maximum atomic E-state index is 13.0. The summed E-state index contributed by atoms with van der Waals surface area (Å²) >= 11 is 0. The minimum absolute atomic E-state index is 0.0823. The number of aromatic nitrogens is 3. The van der Waals surface area contributed by atoms with Gasteiger partial charge in [-0.3, -0.25) is 14.0 Å². The van der Waals surface area contributed by atoms with E-state index in [-0.39, 0.29) is 29.0 Å². The van der Waals surface area contributed by atoms with Crippen LogP contribution in [-0.2, 0) is 14.6 Å². The monoisotopic (exact) mass is 377 g/mol. The van der Waals surface area contributed by atoms with E-state index >= 15 is 0 Å². The average Bonchev–Trinajstić information content (AvgIpc) is 3.19. The number of rotatable bonds is 2. The van der Waals surface area contributed by atoms with Gasteiger partial charge in [0.2, 0.25) is 11.7 Å². The Kier molecular flexibility index (Phi) is 3.94. The zero-order valence-electron chi connectivity index (χ0n) is 14.3. The fourth-order valence-corrected chi connectivity index (χ4v) is 5.78. The highest BCUT2D eigenvalue weighted by Crippen LogP contribution is 2.28. The van der Waals surface area contributed by atoms with E-state index in [1.807, 2.05) is 0 Å². The summed E-state index contributed by atoms with van der Waals surface area (Å²) in [5, 5.41) is 0. The highest BCUT2D eigenvalue weighted by Gasteiger charge is 2.49. The molecule has 10 heteroatoms. The largest absolute Gasteiger partial charge is 0.335 e. The first-order valence-corrected chi connectivity index (χ1v) is 10.3. The van der Waals surface area contributed by atoms with E-state index in [4.69, 9.17) is 0 Å². The van der Waals surface area contributed by atoms with E-state index in [0.717, 1.165) is 0 Å². The highest BCUT2D eigenvalue weighted by molar-refractivity contribution is 7.91. The second-order valence-electron chi connectivity index (χ2n) is 6.60. The Morgan fingerprint density at radius 3 is 2.58 bits per heavy atom. The van der Waals surface area contributed by atoms with Crippen molar-refractivity contribution in [2.45, 2.75) is 25.4 Å². The highest BCUT2D eigenvalue weighted by atomic mass is 32.2. The van der Waals surface area contributed by atoms with Gasteiger partial charge in [-0.25, -0.2) is 18.4 Å². The number of hydrogen-bond acceptors (Lipinski definition) is 6. The van der Waals surface area contributed by atoms with Gasteiger partial charge in [0.05, 0.1) is 23.6 Å². The molecule has 0 saturated carbocycles. The van der Waals surface area contributed by atoms with E-state index in [1.165, 1.54) is 0 Å². The van der Waals surface area contributed by atoms with Crippen LogP contribution in [0.2, 0.25) is 0 Å². The molecule has 0 aliphatic carbocycles. The van der Waals surface area contributed by atoms with Crippen LogP contribution in [0.15, 0.2) is 24.7 Å². The Bertz CT molecular complexity index is 952. The lowest BCUT2D eigenvalue weighted by molar-refractivity contribution is -0.135. The first-order valence-electron chi connectivity index (χ1n) is 8.50. The molecule has 138 valence electrons. The van der Waals surface area contributed by atoms with Crippen LogP contribution in [0.5, 0.6) is 0 Å². The maximum absolute atomic E-state index is 13.0.